The Hall–Kier alpha value is -1.19. The SMILES string of the molecule is CS(=O)(=O)c1cc([N+](=O)[O-])c(N2CCC3(CCOC3)C2)s1. The van der Waals surface area contributed by atoms with Crippen molar-refractivity contribution in [2.75, 3.05) is 37.5 Å². The van der Waals surface area contributed by atoms with Gasteiger partial charge in [0.25, 0.3) is 0 Å². The van der Waals surface area contributed by atoms with Crippen LogP contribution >= 0.6 is 11.3 Å². The number of nitrogens with zero attached hydrogens (tertiary/aromatic N) is 2. The summed E-state index contributed by atoms with van der Waals surface area (Å²) in [5.41, 5.74) is -0.0419. The molecule has 1 unspecified atom stereocenters. The molecule has 116 valence electrons. The maximum atomic E-state index is 11.6. The highest BCUT2D eigenvalue weighted by molar-refractivity contribution is 7.92. The van der Waals surface area contributed by atoms with Gasteiger partial charge in [0.05, 0.1) is 11.5 Å². The van der Waals surface area contributed by atoms with Crippen molar-refractivity contribution >= 4 is 31.9 Å². The Labute approximate surface area is 126 Å². The van der Waals surface area contributed by atoms with Crippen molar-refractivity contribution in [3.05, 3.63) is 16.2 Å². The first-order valence-electron chi connectivity index (χ1n) is 6.62. The minimum atomic E-state index is -3.43. The van der Waals surface area contributed by atoms with Crippen LogP contribution in [-0.4, -0.2) is 45.9 Å². The molecule has 21 heavy (non-hydrogen) atoms. The lowest BCUT2D eigenvalue weighted by atomic mass is 9.87. The van der Waals surface area contributed by atoms with Crippen LogP contribution in [0, 0.1) is 15.5 Å². The molecular weight excluding hydrogens is 316 g/mol. The lowest BCUT2D eigenvalue weighted by Gasteiger charge is -2.21. The third-order valence-corrected chi connectivity index (χ3v) is 7.13. The van der Waals surface area contributed by atoms with Crippen LogP contribution in [-0.2, 0) is 14.6 Å². The van der Waals surface area contributed by atoms with E-state index in [1.165, 1.54) is 6.07 Å². The lowest BCUT2D eigenvalue weighted by Crippen LogP contribution is -2.27. The molecule has 3 heterocycles. The number of nitro groups is 1. The number of rotatable bonds is 3. The maximum Gasteiger partial charge on any atom is 0.305 e. The van der Waals surface area contributed by atoms with Gasteiger partial charge in [-0.05, 0) is 12.8 Å². The van der Waals surface area contributed by atoms with Gasteiger partial charge in [0.2, 0.25) is 0 Å². The van der Waals surface area contributed by atoms with E-state index in [-0.39, 0.29) is 15.3 Å². The Morgan fingerprint density at radius 2 is 2.24 bits per heavy atom. The van der Waals surface area contributed by atoms with Crippen molar-refractivity contribution in [1.29, 1.82) is 0 Å². The zero-order valence-electron chi connectivity index (χ0n) is 11.6. The van der Waals surface area contributed by atoms with E-state index in [4.69, 9.17) is 4.74 Å². The molecule has 1 aromatic heterocycles. The standard InChI is InChI=1S/C12H16N2O5S2/c1-21(17,18)10-6-9(14(15)16)11(20-10)13-4-2-12(7-13)3-5-19-8-12/h6H,2-5,7-8H2,1H3. The predicted octanol–water partition coefficient (Wildman–Crippen LogP) is 1.68. The van der Waals surface area contributed by atoms with E-state index in [1.54, 1.807) is 0 Å². The van der Waals surface area contributed by atoms with Gasteiger partial charge in [0.1, 0.15) is 4.21 Å². The number of thiophene rings is 1. The number of hydrogen-bond donors (Lipinski definition) is 0. The third-order valence-electron chi connectivity index (χ3n) is 4.14. The van der Waals surface area contributed by atoms with E-state index in [2.05, 4.69) is 0 Å². The summed E-state index contributed by atoms with van der Waals surface area (Å²) in [6, 6.07) is 1.17. The van der Waals surface area contributed by atoms with Gasteiger partial charge in [-0.1, -0.05) is 11.3 Å². The van der Waals surface area contributed by atoms with E-state index in [1.807, 2.05) is 4.90 Å². The van der Waals surface area contributed by atoms with Gasteiger partial charge in [-0.15, -0.1) is 0 Å². The Kier molecular flexibility index (Phi) is 3.45. The largest absolute Gasteiger partial charge is 0.381 e. The molecule has 0 aliphatic carbocycles. The zero-order valence-corrected chi connectivity index (χ0v) is 13.2. The smallest absolute Gasteiger partial charge is 0.305 e. The van der Waals surface area contributed by atoms with Crippen LogP contribution in [0.3, 0.4) is 0 Å². The molecule has 2 saturated heterocycles. The molecule has 2 fully saturated rings. The van der Waals surface area contributed by atoms with Crippen molar-refractivity contribution < 1.29 is 18.1 Å². The van der Waals surface area contributed by atoms with Gasteiger partial charge >= 0.3 is 5.69 Å². The summed E-state index contributed by atoms with van der Waals surface area (Å²) in [6.45, 7) is 2.81. The molecule has 1 aromatic rings. The van der Waals surface area contributed by atoms with Crippen LogP contribution < -0.4 is 4.90 Å². The van der Waals surface area contributed by atoms with Gasteiger partial charge in [-0.2, -0.15) is 0 Å². The second-order valence-electron chi connectivity index (χ2n) is 5.76. The fraction of sp³-hybridized carbons (Fsp3) is 0.667. The highest BCUT2D eigenvalue weighted by Gasteiger charge is 2.43. The summed E-state index contributed by atoms with van der Waals surface area (Å²) in [5.74, 6) is 0. The van der Waals surface area contributed by atoms with Crippen LogP contribution in [0.4, 0.5) is 10.7 Å². The molecule has 0 amide bonds. The lowest BCUT2D eigenvalue weighted by molar-refractivity contribution is -0.383. The van der Waals surface area contributed by atoms with E-state index < -0.39 is 14.8 Å². The molecule has 2 aliphatic rings. The van der Waals surface area contributed by atoms with Crippen molar-refractivity contribution in [2.24, 2.45) is 5.41 Å². The van der Waals surface area contributed by atoms with Crippen LogP contribution in [0.25, 0.3) is 0 Å². The summed E-state index contributed by atoms with van der Waals surface area (Å²) in [6.07, 6.45) is 2.96. The molecule has 0 radical (unpaired) electrons. The van der Waals surface area contributed by atoms with Gasteiger partial charge in [0.15, 0.2) is 14.8 Å². The van der Waals surface area contributed by atoms with Crippen molar-refractivity contribution in [1.82, 2.24) is 0 Å². The Bertz CT molecular complexity index is 676. The molecule has 3 rings (SSSR count). The molecule has 0 bridgehead atoms. The van der Waals surface area contributed by atoms with Crippen LogP contribution in [0.15, 0.2) is 10.3 Å². The average molecular weight is 332 g/mol. The van der Waals surface area contributed by atoms with Crippen LogP contribution in [0.2, 0.25) is 0 Å². The first kappa shape index (κ1) is 14.7. The first-order valence-corrected chi connectivity index (χ1v) is 9.33. The summed E-state index contributed by atoms with van der Waals surface area (Å²) >= 11 is 0.990. The summed E-state index contributed by atoms with van der Waals surface area (Å²) in [5, 5.41) is 11.6. The van der Waals surface area contributed by atoms with E-state index in [0.717, 1.165) is 37.0 Å². The van der Waals surface area contributed by atoms with Crippen molar-refractivity contribution in [2.45, 2.75) is 17.1 Å². The highest BCUT2D eigenvalue weighted by Crippen LogP contribution is 2.46. The molecular formula is C12H16N2O5S2. The fourth-order valence-electron chi connectivity index (χ4n) is 2.97. The molecule has 0 aromatic carbocycles. The van der Waals surface area contributed by atoms with E-state index >= 15 is 0 Å². The maximum absolute atomic E-state index is 11.6. The normalized spacial score (nSPS) is 25.9. The van der Waals surface area contributed by atoms with Gasteiger partial charge in [-0.25, -0.2) is 8.42 Å². The summed E-state index contributed by atoms with van der Waals surface area (Å²) in [7, 11) is -3.43. The zero-order chi connectivity index (χ0) is 15.3. The first-order chi connectivity index (χ1) is 9.81. The second-order valence-corrected chi connectivity index (χ2v) is 9.03. The molecule has 7 nitrogen and oxygen atoms in total. The second kappa shape index (κ2) is 4.92. The van der Waals surface area contributed by atoms with Crippen molar-refractivity contribution in [3.8, 4) is 0 Å². The molecule has 9 heteroatoms. The van der Waals surface area contributed by atoms with E-state index in [9.17, 15) is 18.5 Å². The quantitative estimate of drug-likeness (QED) is 0.618. The molecule has 2 aliphatic heterocycles. The topological polar surface area (TPSA) is 89.8 Å². The Morgan fingerprint density at radius 1 is 1.48 bits per heavy atom. The Balaban J connectivity index is 1.95. The number of sulfone groups is 1. The average Bonchev–Trinajstić information content (AvgIpc) is 3.09. The number of anilines is 1. The highest BCUT2D eigenvalue weighted by atomic mass is 32.2. The third kappa shape index (κ3) is 2.65. The fourth-order valence-corrected chi connectivity index (χ4v) is 5.02. The molecule has 1 spiro atoms. The molecule has 1 atom stereocenters. The van der Waals surface area contributed by atoms with Gasteiger partial charge < -0.3 is 9.64 Å². The number of ether oxygens (including phenoxy) is 1. The number of hydrogen-bond acceptors (Lipinski definition) is 7. The molecule has 0 saturated carbocycles. The minimum Gasteiger partial charge on any atom is -0.381 e. The van der Waals surface area contributed by atoms with Crippen LogP contribution in [0.5, 0.6) is 0 Å². The van der Waals surface area contributed by atoms with Gasteiger partial charge in [-0.3, -0.25) is 10.1 Å². The predicted molar refractivity (Wildman–Crippen MR) is 78.8 cm³/mol. The van der Waals surface area contributed by atoms with Crippen molar-refractivity contribution in [3.63, 3.8) is 0 Å². The van der Waals surface area contributed by atoms with Crippen LogP contribution in [0.1, 0.15) is 12.8 Å². The minimum absolute atomic E-state index is 0.0489. The summed E-state index contributed by atoms with van der Waals surface area (Å²) in [4.78, 5) is 12.6. The monoisotopic (exact) mass is 332 g/mol. The van der Waals surface area contributed by atoms with E-state index in [0.29, 0.717) is 24.7 Å². The molecule has 0 N–H and O–H groups in total. The van der Waals surface area contributed by atoms with Gasteiger partial charge in [0, 0.05) is 37.4 Å². The summed E-state index contributed by atoms with van der Waals surface area (Å²) < 4.78 is 28.8. The Morgan fingerprint density at radius 3 is 2.81 bits per heavy atom.